The van der Waals surface area contributed by atoms with Gasteiger partial charge in [-0.3, -0.25) is 4.79 Å². The van der Waals surface area contributed by atoms with Crippen molar-refractivity contribution in [3.8, 4) is 0 Å². The van der Waals surface area contributed by atoms with Gasteiger partial charge in [0, 0.05) is 32.1 Å². The lowest BCUT2D eigenvalue weighted by Crippen LogP contribution is -2.28. The number of carbonyl (C=O) groups excluding carboxylic acids is 1. The largest absolute Gasteiger partial charge is 0.352 e. The minimum atomic E-state index is -3.68. The van der Waals surface area contributed by atoms with Gasteiger partial charge in [-0.05, 0) is 67.1 Å². The molecular weight excluding hydrogens is 522 g/mol. The average Bonchev–Trinajstić information content (AvgIpc) is 3.48. The number of amides is 1. The zero-order chi connectivity index (χ0) is 27.2. The summed E-state index contributed by atoms with van der Waals surface area (Å²) in [6.07, 6.45) is 2.49. The number of benzene rings is 3. The third-order valence-corrected chi connectivity index (χ3v) is 10.1. The highest BCUT2D eigenvalue weighted by Gasteiger charge is 2.26. The first kappa shape index (κ1) is 28.0. The van der Waals surface area contributed by atoms with Crippen LogP contribution in [0.3, 0.4) is 0 Å². The zero-order valence-corrected chi connectivity index (χ0v) is 23.0. The second kappa shape index (κ2) is 12.2. The van der Waals surface area contributed by atoms with E-state index in [1.54, 1.807) is 55.5 Å². The van der Waals surface area contributed by atoms with Crippen molar-refractivity contribution in [1.29, 1.82) is 0 Å². The average molecular weight is 556 g/mol. The number of aryl methyl sites for hydroxylation is 1. The fourth-order valence-electron chi connectivity index (χ4n) is 4.35. The van der Waals surface area contributed by atoms with Crippen molar-refractivity contribution in [3.63, 3.8) is 0 Å². The van der Waals surface area contributed by atoms with Gasteiger partial charge in [-0.15, -0.1) is 0 Å². The molecule has 1 amide bonds. The molecule has 0 bridgehead atoms. The molecule has 1 heterocycles. The summed E-state index contributed by atoms with van der Waals surface area (Å²) in [7, 11) is -7.13. The third kappa shape index (κ3) is 7.08. The summed E-state index contributed by atoms with van der Waals surface area (Å²) >= 11 is 0. The summed E-state index contributed by atoms with van der Waals surface area (Å²) in [6, 6.07) is 22.1. The Kier molecular flexibility index (Phi) is 8.99. The van der Waals surface area contributed by atoms with E-state index in [-0.39, 0.29) is 28.2 Å². The van der Waals surface area contributed by atoms with Gasteiger partial charge in [-0.2, -0.15) is 4.31 Å². The fourth-order valence-corrected chi connectivity index (χ4v) is 7.10. The van der Waals surface area contributed by atoms with Crippen LogP contribution in [-0.4, -0.2) is 40.1 Å². The molecule has 0 aliphatic carbocycles. The molecule has 3 aromatic carbocycles. The smallest absolute Gasteiger partial charge is 0.243 e. The summed E-state index contributed by atoms with van der Waals surface area (Å²) in [5, 5.41) is 2.85. The standard InChI is InChI=1S/C28H33N3O5S2/c1-22(25-7-3-2-4-8-25)30-37(33,34)26-14-9-23(10-15-26)13-18-28(32)29-21-24-11-16-27(17-12-24)38(35,36)31-19-5-6-20-31/h2-4,7-12,14-17,22,30H,5-6,13,18-21H2,1H3,(H,29,32)/t22-/m0/s1. The molecule has 202 valence electrons. The van der Waals surface area contributed by atoms with Gasteiger partial charge < -0.3 is 5.32 Å². The van der Waals surface area contributed by atoms with Crippen molar-refractivity contribution < 1.29 is 21.6 Å². The maximum absolute atomic E-state index is 12.7. The van der Waals surface area contributed by atoms with E-state index in [4.69, 9.17) is 0 Å². The lowest BCUT2D eigenvalue weighted by atomic mass is 10.1. The Hall–Kier alpha value is -3.05. The molecule has 3 aromatic rings. The van der Waals surface area contributed by atoms with Gasteiger partial charge in [0.1, 0.15) is 0 Å². The van der Waals surface area contributed by atoms with Crippen molar-refractivity contribution in [2.45, 2.75) is 55.0 Å². The van der Waals surface area contributed by atoms with Crippen molar-refractivity contribution >= 4 is 26.0 Å². The van der Waals surface area contributed by atoms with Crippen LogP contribution in [0.2, 0.25) is 0 Å². The second-order valence-electron chi connectivity index (χ2n) is 9.43. The Morgan fingerprint density at radius 3 is 2.03 bits per heavy atom. The van der Waals surface area contributed by atoms with Gasteiger partial charge in [0.05, 0.1) is 9.79 Å². The van der Waals surface area contributed by atoms with E-state index in [1.807, 2.05) is 30.3 Å². The summed E-state index contributed by atoms with van der Waals surface area (Å²) in [4.78, 5) is 12.8. The van der Waals surface area contributed by atoms with E-state index >= 15 is 0 Å². The van der Waals surface area contributed by atoms with E-state index in [1.165, 1.54) is 4.31 Å². The predicted octanol–water partition coefficient (Wildman–Crippen LogP) is 3.76. The van der Waals surface area contributed by atoms with Crippen molar-refractivity contribution in [2.75, 3.05) is 13.1 Å². The number of nitrogens with zero attached hydrogens (tertiary/aromatic N) is 1. The lowest BCUT2D eigenvalue weighted by molar-refractivity contribution is -0.121. The van der Waals surface area contributed by atoms with Crippen LogP contribution in [-0.2, 0) is 37.8 Å². The number of hydrogen-bond donors (Lipinski definition) is 2. The molecule has 8 nitrogen and oxygen atoms in total. The number of hydrogen-bond acceptors (Lipinski definition) is 5. The van der Waals surface area contributed by atoms with Gasteiger partial charge >= 0.3 is 0 Å². The van der Waals surface area contributed by atoms with Crippen LogP contribution in [0.1, 0.15) is 48.9 Å². The summed E-state index contributed by atoms with van der Waals surface area (Å²) in [5.41, 5.74) is 2.54. The van der Waals surface area contributed by atoms with Crippen LogP contribution >= 0.6 is 0 Å². The molecule has 1 aliphatic rings. The van der Waals surface area contributed by atoms with Gasteiger partial charge in [-0.1, -0.05) is 54.6 Å². The second-order valence-corrected chi connectivity index (χ2v) is 13.1. The molecule has 1 aliphatic heterocycles. The summed E-state index contributed by atoms with van der Waals surface area (Å²) < 4.78 is 55.0. The quantitative estimate of drug-likeness (QED) is 0.374. The Labute approximate surface area is 225 Å². The molecule has 10 heteroatoms. The highest BCUT2D eigenvalue weighted by atomic mass is 32.2. The first-order valence-corrected chi connectivity index (χ1v) is 15.6. The molecule has 0 saturated carbocycles. The maximum atomic E-state index is 12.7. The maximum Gasteiger partial charge on any atom is 0.243 e. The van der Waals surface area contributed by atoms with Crippen LogP contribution in [0, 0.1) is 0 Å². The molecule has 4 rings (SSSR count). The van der Waals surface area contributed by atoms with Crippen molar-refractivity contribution in [3.05, 3.63) is 95.6 Å². The molecular formula is C28H33N3O5S2. The minimum absolute atomic E-state index is 0.145. The van der Waals surface area contributed by atoms with Crippen molar-refractivity contribution in [2.24, 2.45) is 0 Å². The number of nitrogens with one attached hydrogen (secondary N) is 2. The molecule has 0 aromatic heterocycles. The Bertz CT molecular complexity index is 1430. The number of rotatable bonds is 11. The molecule has 2 N–H and O–H groups in total. The van der Waals surface area contributed by atoms with Crippen LogP contribution < -0.4 is 10.0 Å². The summed E-state index contributed by atoms with van der Waals surface area (Å²) in [6.45, 7) is 3.21. The number of sulfonamides is 2. The number of carbonyl (C=O) groups is 1. The highest BCUT2D eigenvalue weighted by Crippen LogP contribution is 2.21. The monoisotopic (exact) mass is 555 g/mol. The van der Waals surface area contributed by atoms with Gasteiger partial charge in [0.15, 0.2) is 0 Å². The normalized spacial score (nSPS) is 15.3. The zero-order valence-electron chi connectivity index (χ0n) is 21.3. The molecule has 0 unspecified atom stereocenters. The van der Waals surface area contributed by atoms with Crippen LogP contribution in [0.25, 0.3) is 0 Å². The minimum Gasteiger partial charge on any atom is -0.352 e. The van der Waals surface area contributed by atoms with E-state index < -0.39 is 20.0 Å². The third-order valence-electron chi connectivity index (χ3n) is 6.62. The van der Waals surface area contributed by atoms with Crippen molar-refractivity contribution in [1.82, 2.24) is 14.3 Å². The Morgan fingerprint density at radius 2 is 1.39 bits per heavy atom. The van der Waals surface area contributed by atoms with E-state index in [0.717, 1.165) is 29.5 Å². The first-order chi connectivity index (χ1) is 18.1. The Morgan fingerprint density at radius 1 is 0.816 bits per heavy atom. The molecule has 0 radical (unpaired) electrons. The summed E-state index contributed by atoms with van der Waals surface area (Å²) in [5.74, 6) is -0.145. The van der Waals surface area contributed by atoms with E-state index in [2.05, 4.69) is 10.0 Å². The van der Waals surface area contributed by atoms with Gasteiger partial charge in [0.25, 0.3) is 0 Å². The van der Waals surface area contributed by atoms with E-state index in [0.29, 0.717) is 26.1 Å². The predicted molar refractivity (Wildman–Crippen MR) is 146 cm³/mol. The first-order valence-electron chi connectivity index (χ1n) is 12.7. The molecule has 38 heavy (non-hydrogen) atoms. The molecule has 1 atom stereocenters. The SMILES string of the molecule is C[C@H](NS(=O)(=O)c1ccc(CCC(=O)NCc2ccc(S(=O)(=O)N3CCCC3)cc2)cc1)c1ccccc1. The van der Waals surface area contributed by atoms with Gasteiger partial charge in [0.2, 0.25) is 26.0 Å². The van der Waals surface area contributed by atoms with Crippen LogP contribution in [0.4, 0.5) is 0 Å². The Balaban J connectivity index is 1.25. The topological polar surface area (TPSA) is 113 Å². The van der Waals surface area contributed by atoms with Gasteiger partial charge in [-0.25, -0.2) is 21.6 Å². The fraction of sp³-hybridized carbons (Fsp3) is 0.321. The molecule has 0 spiro atoms. The van der Waals surface area contributed by atoms with Crippen LogP contribution in [0.15, 0.2) is 88.7 Å². The lowest BCUT2D eigenvalue weighted by Gasteiger charge is -2.15. The van der Waals surface area contributed by atoms with Crippen LogP contribution in [0.5, 0.6) is 0 Å². The highest BCUT2D eigenvalue weighted by molar-refractivity contribution is 7.89. The van der Waals surface area contributed by atoms with E-state index in [9.17, 15) is 21.6 Å². The molecule has 1 saturated heterocycles. The molecule has 1 fully saturated rings.